The Morgan fingerprint density at radius 1 is 1.38 bits per heavy atom. The standard InChI is InChI=1S/C17H22N4O2S/c1-23-15-5-3-2-4-14(15)10-13-6-8-21(9-7-13)11-16(22)19-17-20-18-12-24-17/h2-5,12-13H,6-11H2,1H3,(H,19,20,22). The van der Waals surface area contributed by atoms with Gasteiger partial charge in [-0.15, -0.1) is 10.2 Å². The minimum Gasteiger partial charge on any atom is -0.496 e. The number of benzene rings is 1. The molecule has 1 aromatic heterocycles. The highest BCUT2D eigenvalue weighted by Crippen LogP contribution is 2.26. The number of carbonyl (C=O) groups is 1. The first-order chi connectivity index (χ1) is 11.7. The molecule has 1 aliphatic heterocycles. The van der Waals surface area contributed by atoms with Crippen molar-refractivity contribution < 1.29 is 9.53 Å². The Kier molecular flexibility index (Phi) is 5.77. The second kappa shape index (κ2) is 8.21. The maximum Gasteiger partial charge on any atom is 0.240 e. The van der Waals surface area contributed by atoms with Gasteiger partial charge in [0.2, 0.25) is 11.0 Å². The van der Waals surface area contributed by atoms with Gasteiger partial charge in [-0.25, -0.2) is 0 Å². The third-order valence-electron chi connectivity index (χ3n) is 4.38. The van der Waals surface area contributed by atoms with Crippen LogP contribution in [0.25, 0.3) is 0 Å². The van der Waals surface area contributed by atoms with Gasteiger partial charge in [0.05, 0.1) is 13.7 Å². The largest absolute Gasteiger partial charge is 0.496 e. The van der Waals surface area contributed by atoms with Crippen LogP contribution < -0.4 is 10.1 Å². The van der Waals surface area contributed by atoms with Crippen molar-refractivity contribution in [2.24, 2.45) is 5.92 Å². The summed E-state index contributed by atoms with van der Waals surface area (Å²) < 4.78 is 5.44. The van der Waals surface area contributed by atoms with E-state index in [0.29, 0.717) is 17.6 Å². The fourth-order valence-electron chi connectivity index (χ4n) is 3.12. The number of ether oxygens (including phenoxy) is 1. The van der Waals surface area contributed by atoms with E-state index in [0.717, 1.165) is 38.1 Å². The Bertz CT molecular complexity index is 654. The zero-order chi connectivity index (χ0) is 16.8. The summed E-state index contributed by atoms with van der Waals surface area (Å²) in [6.45, 7) is 2.31. The lowest BCUT2D eigenvalue weighted by Crippen LogP contribution is -2.39. The molecule has 1 N–H and O–H groups in total. The van der Waals surface area contributed by atoms with Crippen molar-refractivity contribution in [1.82, 2.24) is 15.1 Å². The summed E-state index contributed by atoms with van der Waals surface area (Å²) >= 11 is 1.33. The number of likely N-dealkylation sites (tertiary alicyclic amines) is 1. The number of amides is 1. The minimum absolute atomic E-state index is 0.0186. The molecule has 1 aromatic carbocycles. The maximum absolute atomic E-state index is 12.0. The average Bonchev–Trinajstić information content (AvgIpc) is 3.10. The van der Waals surface area contributed by atoms with Crippen LogP contribution in [0, 0.1) is 5.92 Å². The number of aromatic nitrogens is 2. The highest BCUT2D eigenvalue weighted by molar-refractivity contribution is 7.13. The normalized spacial score (nSPS) is 16.0. The Morgan fingerprint density at radius 3 is 2.88 bits per heavy atom. The molecule has 2 heterocycles. The number of methoxy groups -OCH3 is 1. The van der Waals surface area contributed by atoms with Gasteiger partial charge in [0.1, 0.15) is 11.3 Å². The third-order valence-corrected chi connectivity index (χ3v) is 4.99. The minimum atomic E-state index is -0.0186. The summed E-state index contributed by atoms with van der Waals surface area (Å²) in [5.41, 5.74) is 2.88. The molecule has 3 rings (SSSR count). The molecule has 0 bridgehead atoms. The van der Waals surface area contributed by atoms with Crippen LogP contribution in [-0.4, -0.2) is 47.7 Å². The first-order valence-corrected chi connectivity index (χ1v) is 9.03. The van der Waals surface area contributed by atoms with E-state index in [9.17, 15) is 4.79 Å². The van der Waals surface area contributed by atoms with E-state index in [1.54, 1.807) is 12.6 Å². The number of hydrogen-bond donors (Lipinski definition) is 1. The molecule has 7 heteroatoms. The van der Waals surface area contributed by atoms with Crippen LogP contribution in [0.4, 0.5) is 5.13 Å². The summed E-state index contributed by atoms with van der Waals surface area (Å²) in [4.78, 5) is 14.2. The van der Waals surface area contributed by atoms with Crippen molar-refractivity contribution in [3.05, 3.63) is 35.3 Å². The lowest BCUT2D eigenvalue weighted by Gasteiger charge is -2.31. The second-order valence-electron chi connectivity index (χ2n) is 6.03. The summed E-state index contributed by atoms with van der Waals surface area (Å²) in [7, 11) is 1.72. The Morgan fingerprint density at radius 2 is 2.17 bits per heavy atom. The van der Waals surface area contributed by atoms with Gasteiger partial charge in [-0.05, 0) is 49.9 Å². The van der Waals surface area contributed by atoms with Crippen LogP contribution in [0.1, 0.15) is 18.4 Å². The highest BCUT2D eigenvalue weighted by atomic mass is 32.1. The van der Waals surface area contributed by atoms with Crippen molar-refractivity contribution >= 4 is 22.4 Å². The molecule has 1 fully saturated rings. The molecule has 0 aliphatic carbocycles. The van der Waals surface area contributed by atoms with Crippen LogP contribution in [0.2, 0.25) is 0 Å². The number of nitrogens with one attached hydrogen (secondary N) is 1. The molecule has 24 heavy (non-hydrogen) atoms. The monoisotopic (exact) mass is 346 g/mol. The molecule has 0 spiro atoms. The topological polar surface area (TPSA) is 67.3 Å². The number of anilines is 1. The average molecular weight is 346 g/mol. The molecular weight excluding hydrogens is 324 g/mol. The van der Waals surface area contributed by atoms with Crippen LogP contribution in [0.3, 0.4) is 0 Å². The van der Waals surface area contributed by atoms with E-state index in [-0.39, 0.29) is 5.91 Å². The SMILES string of the molecule is COc1ccccc1CC1CCN(CC(=O)Nc2nncs2)CC1. The zero-order valence-corrected chi connectivity index (χ0v) is 14.6. The van der Waals surface area contributed by atoms with Crippen molar-refractivity contribution in [3.63, 3.8) is 0 Å². The van der Waals surface area contributed by atoms with Crippen molar-refractivity contribution in [3.8, 4) is 5.75 Å². The first kappa shape index (κ1) is 16.9. The van der Waals surface area contributed by atoms with E-state index >= 15 is 0 Å². The predicted molar refractivity (Wildman–Crippen MR) is 94.4 cm³/mol. The van der Waals surface area contributed by atoms with Crippen LogP contribution in [0.15, 0.2) is 29.8 Å². The summed E-state index contributed by atoms with van der Waals surface area (Å²) in [5, 5.41) is 10.9. The highest BCUT2D eigenvalue weighted by Gasteiger charge is 2.22. The third kappa shape index (κ3) is 4.52. The van der Waals surface area contributed by atoms with Gasteiger partial charge in [-0.3, -0.25) is 15.0 Å². The number of piperidine rings is 1. The molecule has 1 amide bonds. The van der Waals surface area contributed by atoms with E-state index < -0.39 is 0 Å². The van der Waals surface area contributed by atoms with Crippen LogP contribution >= 0.6 is 11.3 Å². The number of rotatable bonds is 6. The van der Waals surface area contributed by atoms with E-state index in [4.69, 9.17) is 4.74 Å². The molecular formula is C17H22N4O2S. The van der Waals surface area contributed by atoms with Crippen molar-refractivity contribution in [2.75, 3.05) is 32.1 Å². The Balaban J connectivity index is 1.44. The molecule has 128 valence electrons. The number of nitrogens with zero attached hydrogens (tertiary/aromatic N) is 3. The maximum atomic E-state index is 12.0. The molecule has 0 saturated carbocycles. The van der Waals surface area contributed by atoms with Crippen molar-refractivity contribution in [1.29, 1.82) is 0 Å². The predicted octanol–water partition coefficient (Wildman–Crippen LogP) is 2.44. The van der Waals surface area contributed by atoms with E-state index in [1.807, 2.05) is 12.1 Å². The fourth-order valence-corrected chi connectivity index (χ4v) is 3.58. The number of para-hydroxylation sites is 1. The Hall–Kier alpha value is -1.99. The van der Waals surface area contributed by atoms with Gasteiger partial charge in [-0.2, -0.15) is 0 Å². The summed E-state index contributed by atoms with van der Waals surface area (Å²) in [6, 6.07) is 8.22. The van der Waals surface area contributed by atoms with Gasteiger partial charge in [0.15, 0.2) is 0 Å². The second-order valence-corrected chi connectivity index (χ2v) is 6.86. The van der Waals surface area contributed by atoms with E-state index in [1.165, 1.54) is 16.9 Å². The van der Waals surface area contributed by atoms with Crippen LogP contribution in [-0.2, 0) is 11.2 Å². The Labute approximate surface area is 145 Å². The molecule has 0 atom stereocenters. The smallest absolute Gasteiger partial charge is 0.240 e. The van der Waals surface area contributed by atoms with Crippen molar-refractivity contribution in [2.45, 2.75) is 19.3 Å². The zero-order valence-electron chi connectivity index (χ0n) is 13.8. The summed E-state index contributed by atoms with van der Waals surface area (Å²) in [6.07, 6.45) is 3.24. The lowest BCUT2D eigenvalue weighted by molar-refractivity contribution is -0.117. The quantitative estimate of drug-likeness (QED) is 0.870. The molecule has 0 unspecified atom stereocenters. The summed E-state index contributed by atoms with van der Waals surface area (Å²) in [5.74, 6) is 1.59. The van der Waals surface area contributed by atoms with Gasteiger partial charge < -0.3 is 4.74 Å². The molecule has 0 radical (unpaired) electrons. The molecule has 6 nitrogen and oxygen atoms in total. The number of carbonyl (C=O) groups excluding carboxylic acids is 1. The van der Waals surface area contributed by atoms with Gasteiger partial charge in [0.25, 0.3) is 0 Å². The van der Waals surface area contributed by atoms with Gasteiger partial charge >= 0.3 is 0 Å². The van der Waals surface area contributed by atoms with Crippen LogP contribution in [0.5, 0.6) is 5.75 Å². The van der Waals surface area contributed by atoms with Gasteiger partial charge in [0, 0.05) is 0 Å². The fraction of sp³-hybridized carbons (Fsp3) is 0.471. The first-order valence-electron chi connectivity index (χ1n) is 8.15. The molecule has 2 aromatic rings. The molecule has 1 aliphatic rings. The lowest BCUT2D eigenvalue weighted by atomic mass is 9.90. The van der Waals surface area contributed by atoms with Gasteiger partial charge in [-0.1, -0.05) is 29.5 Å². The molecule has 1 saturated heterocycles. The number of hydrogen-bond acceptors (Lipinski definition) is 6. The van der Waals surface area contributed by atoms with E-state index in [2.05, 4.69) is 32.5 Å².